The molecule has 18 heteroatoms. The summed E-state index contributed by atoms with van der Waals surface area (Å²) in [5, 5.41) is 0. The molecule has 0 unspecified atom stereocenters. The number of hydrogen-bond donors (Lipinski definition) is 4. The van der Waals surface area contributed by atoms with Crippen LogP contribution < -0.4 is 16.2 Å². The summed E-state index contributed by atoms with van der Waals surface area (Å²) in [7, 11) is -5.96. The first-order valence-corrected chi connectivity index (χ1v) is 13.9. The molecule has 204 valence electrons. The predicted molar refractivity (Wildman–Crippen MR) is 135 cm³/mol. The zero-order chi connectivity index (χ0) is 27.0. The zero-order valence-corrected chi connectivity index (χ0v) is 22.5. The lowest BCUT2D eigenvalue weighted by molar-refractivity contribution is -0.0662. The van der Waals surface area contributed by atoms with E-state index in [9.17, 15) is 14.4 Å². The van der Waals surface area contributed by atoms with Crippen LogP contribution >= 0.6 is 23.8 Å². The van der Waals surface area contributed by atoms with Crippen LogP contribution in [0, 0.1) is 0 Å². The molecule has 5 rings (SSSR count). The number of nitrogen functional groups attached to an aromatic ring is 1. The van der Waals surface area contributed by atoms with Crippen LogP contribution in [0.2, 0.25) is 0 Å². The van der Waals surface area contributed by atoms with Gasteiger partial charge in [-0.3, -0.25) is 9.09 Å². The predicted octanol–water partition coefficient (Wildman–Crippen LogP) is 1.06. The highest BCUT2D eigenvalue weighted by Gasteiger charge is 2.57. The van der Waals surface area contributed by atoms with Gasteiger partial charge in [0.1, 0.15) is 35.9 Å². The van der Waals surface area contributed by atoms with Gasteiger partial charge in [-0.15, -0.1) is 0 Å². The molecule has 4 heterocycles. The summed E-state index contributed by atoms with van der Waals surface area (Å²) in [6, 6.07) is 5.45. The Balaban J connectivity index is 1.40. The van der Waals surface area contributed by atoms with Crippen LogP contribution in [0.15, 0.2) is 35.3 Å². The average molecular weight is 615 g/mol. The highest BCUT2D eigenvalue weighted by molar-refractivity contribution is 9.10. The number of ether oxygens (including phenoxy) is 2. The molecule has 0 spiro atoms. The molecule has 0 aliphatic carbocycles. The third-order valence-electron chi connectivity index (χ3n) is 6.01. The van der Waals surface area contributed by atoms with Gasteiger partial charge in [0, 0.05) is 11.0 Å². The summed E-state index contributed by atoms with van der Waals surface area (Å²) in [4.78, 5) is 30.9. The van der Waals surface area contributed by atoms with Crippen molar-refractivity contribution < 1.29 is 42.3 Å². The van der Waals surface area contributed by atoms with Gasteiger partial charge in [-0.2, -0.15) is 0 Å². The van der Waals surface area contributed by atoms with Crippen molar-refractivity contribution in [2.75, 3.05) is 25.5 Å². The van der Waals surface area contributed by atoms with Crippen molar-refractivity contribution in [2.24, 2.45) is 5.73 Å². The Morgan fingerprint density at radius 2 is 2.05 bits per heavy atom. The number of aromatic nitrogens is 4. The van der Waals surface area contributed by atoms with Gasteiger partial charge in [0.25, 0.3) is 0 Å². The lowest BCUT2D eigenvalue weighted by Crippen LogP contribution is -2.33. The van der Waals surface area contributed by atoms with Crippen LogP contribution in [-0.4, -0.2) is 74.7 Å². The fourth-order valence-corrected chi connectivity index (χ4v) is 5.21. The number of anilines is 1. The average Bonchev–Trinajstić information content (AvgIpc) is 3.56. The minimum absolute atomic E-state index is 0.0970. The van der Waals surface area contributed by atoms with Gasteiger partial charge in [-0.1, -0.05) is 15.9 Å². The zero-order valence-electron chi connectivity index (χ0n) is 20.0. The summed E-state index contributed by atoms with van der Waals surface area (Å²) < 4.78 is 48.2. The second-order valence-electron chi connectivity index (χ2n) is 8.40. The second kappa shape index (κ2) is 11.1. The number of rotatable bonds is 10. The van der Waals surface area contributed by atoms with E-state index >= 15 is 0 Å². The van der Waals surface area contributed by atoms with Crippen molar-refractivity contribution >= 4 is 48.1 Å². The molecular weight excluding hydrogens is 590 g/mol. The molecule has 15 nitrogen and oxygen atoms in total. The molecule has 2 aromatic heterocycles. The lowest BCUT2D eigenvalue weighted by atomic mass is 10.1. The number of imidazole rings is 1. The summed E-state index contributed by atoms with van der Waals surface area (Å²) >= 11 is 3.52. The SMILES string of the molecule is CCOc1ccc(Br)c([C@@H](CN)OB2O[C@@H]3[C@H](O2)[C@@H](COP(=O)(O)O)O[C@H]3n2cnc3c(N)ncnc32)c1. The van der Waals surface area contributed by atoms with E-state index in [1.165, 1.54) is 12.7 Å². The Morgan fingerprint density at radius 1 is 1.26 bits per heavy atom. The van der Waals surface area contributed by atoms with E-state index in [0.717, 1.165) is 10.0 Å². The molecule has 3 aromatic rings. The topological polar surface area (TPSA) is 209 Å². The molecule has 6 N–H and O–H groups in total. The van der Waals surface area contributed by atoms with Gasteiger partial charge in [-0.25, -0.2) is 19.5 Å². The molecule has 2 aliphatic heterocycles. The quantitative estimate of drug-likeness (QED) is 0.186. The van der Waals surface area contributed by atoms with Crippen LogP contribution in [0.4, 0.5) is 5.82 Å². The number of benzene rings is 1. The Bertz CT molecular complexity index is 1350. The normalized spacial score (nSPS) is 24.2. The Hall–Kier alpha value is -2.18. The highest BCUT2D eigenvalue weighted by Crippen LogP contribution is 2.43. The molecule has 0 saturated carbocycles. The van der Waals surface area contributed by atoms with Crippen molar-refractivity contribution in [2.45, 2.75) is 37.6 Å². The maximum Gasteiger partial charge on any atom is 0.640 e. The van der Waals surface area contributed by atoms with Crippen LogP contribution in [-0.2, 0) is 27.8 Å². The van der Waals surface area contributed by atoms with E-state index in [1.54, 1.807) is 4.57 Å². The number of hydrogen-bond acceptors (Lipinski definition) is 12. The van der Waals surface area contributed by atoms with Crippen molar-refractivity contribution in [3.63, 3.8) is 0 Å². The van der Waals surface area contributed by atoms with Gasteiger partial charge in [-0.05, 0) is 30.7 Å². The Kier molecular flexibility index (Phi) is 8.03. The molecule has 0 radical (unpaired) electrons. The maximum atomic E-state index is 11.4. The molecular formula is C20H25BBrN6O9P. The van der Waals surface area contributed by atoms with Crippen LogP contribution in [0.3, 0.4) is 0 Å². The van der Waals surface area contributed by atoms with E-state index in [2.05, 4.69) is 30.9 Å². The van der Waals surface area contributed by atoms with E-state index < -0.39 is 52.4 Å². The third kappa shape index (κ3) is 5.58. The Labute approximate surface area is 225 Å². The Morgan fingerprint density at radius 3 is 2.79 bits per heavy atom. The van der Waals surface area contributed by atoms with Gasteiger partial charge in [0.2, 0.25) is 0 Å². The number of nitrogens with zero attached hydrogens (tertiary/aromatic N) is 4. The van der Waals surface area contributed by atoms with E-state index in [0.29, 0.717) is 23.5 Å². The molecule has 2 fully saturated rings. The second-order valence-corrected chi connectivity index (χ2v) is 10.5. The molecule has 38 heavy (non-hydrogen) atoms. The highest BCUT2D eigenvalue weighted by atomic mass is 79.9. The minimum Gasteiger partial charge on any atom is -0.494 e. The number of nitrogens with two attached hydrogens (primary N) is 2. The van der Waals surface area contributed by atoms with E-state index in [1.807, 2.05) is 25.1 Å². The fourth-order valence-electron chi connectivity index (χ4n) is 4.37. The first-order valence-electron chi connectivity index (χ1n) is 11.6. The van der Waals surface area contributed by atoms with Crippen LogP contribution in [0.25, 0.3) is 11.2 Å². The minimum atomic E-state index is -4.78. The monoisotopic (exact) mass is 614 g/mol. The first-order chi connectivity index (χ1) is 18.2. The number of fused-ring (bicyclic) bond motifs is 2. The van der Waals surface area contributed by atoms with E-state index in [-0.39, 0.29) is 12.4 Å². The smallest absolute Gasteiger partial charge is 0.494 e. The van der Waals surface area contributed by atoms with Gasteiger partial charge >= 0.3 is 15.1 Å². The van der Waals surface area contributed by atoms with Gasteiger partial charge in [0.15, 0.2) is 17.7 Å². The number of phosphoric acid groups is 1. The van der Waals surface area contributed by atoms with Crippen molar-refractivity contribution in [3.05, 3.63) is 40.9 Å². The molecule has 0 amide bonds. The molecule has 5 atom stereocenters. The van der Waals surface area contributed by atoms with Crippen molar-refractivity contribution in [3.8, 4) is 5.75 Å². The fraction of sp³-hybridized carbons (Fsp3) is 0.450. The molecule has 1 aromatic carbocycles. The van der Waals surface area contributed by atoms with Crippen molar-refractivity contribution in [1.29, 1.82) is 0 Å². The third-order valence-corrected chi connectivity index (χ3v) is 7.21. The first kappa shape index (κ1) is 27.4. The summed E-state index contributed by atoms with van der Waals surface area (Å²) in [6.07, 6.45) is -1.27. The lowest BCUT2D eigenvalue weighted by Gasteiger charge is -2.23. The maximum absolute atomic E-state index is 11.4. The largest absolute Gasteiger partial charge is 0.640 e. The molecule has 2 saturated heterocycles. The number of halogens is 1. The number of phosphoric ester groups is 1. The molecule has 0 bridgehead atoms. The standard InChI is InChI=1S/C20H25BBrN6O9P/c1-2-32-10-3-4-12(22)11(5-10)13(6-23)35-21-36-16-14(7-33-38(29,30)31)34-20(17(16)37-21)28-9-27-15-18(24)25-8-26-19(15)28/h3-5,8-9,13-14,16-17,20H,2,6-7,23H2,1H3,(H2,24,25,26)(H2,29,30,31)/t13-,14-,16-,17-,20-/m1/s1. The molecule has 2 aliphatic rings. The van der Waals surface area contributed by atoms with Crippen LogP contribution in [0.5, 0.6) is 5.75 Å². The summed E-state index contributed by atoms with van der Waals surface area (Å²) in [5.41, 5.74) is 13.4. The summed E-state index contributed by atoms with van der Waals surface area (Å²) in [5.74, 6) is 0.828. The van der Waals surface area contributed by atoms with Gasteiger partial charge < -0.3 is 44.7 Å². The summed E-state index contributed by atoms with van der Waals surface area (Å²) in [6.45, 7) is 2.00. The van der Waals surface area contributed by atoms with E-state index in [4.69, 9.17) is 39.4 Å². The van der Waals surface area contributed by atoms with Crippen LogP contribution in [0.1, 0.15) is 24.8 Å². The van der Waals surface area contributed by atoms with Gasteiger partial charge in [0.05, 0.1) is 25.6 Å². The van der Waals surface area contributed by atoms with Crippen molar-refractivity contribution in [1.82, 2.24) is 19.5 Å².